The van der Waals surface area contributed by atoms with Gasteiger partial charge in [-0.3, -0.25) is 4.68 Å². The Kier molecular flexibility index (Phi) is 4.53. The summed E-state index contributed by atoms with van der Waals surface area (Å²) < 4.78 is 12.6. The van der Waals surface area contributed by atoms with Crippen molar-refractivity contribution in [3.8, 4) is 22.6 Å². The standard InChI is InChI=1S/C16H23N3O2/c1-10(2)16-13(9-19(3)18-16)12-7-15(21-5)14(20-4)6-11(12)8-17/h6-7,9-10H,8,17H2,1-5H3. The molecule has 2 rings (SSSR count). The van der Waals surface area contributed by atoms with Gasteiger partial charge in [0.25, 0.3) is 0 Å². The van der Waals surface area contributed by atoms with Crippen LogP contribution < -0.4 is 15.2 Å². The number of rotatable bonds is 5. The van der Waals surface area contributed by atoms with E-state index in [1.54, 1.807) is 14.2 Å². The molecule has 5 heteroatoms. The predicted octanol–water partition coefficient (Wildman–Crippen LogP) is 2.69. The lowest BCUT2D eigenvalue weighted by molar-refractivity contribution is 0.354. The molecule has 0 aliphatic rings. The van der Waals surface area contributed by atoms with Crippen LogP contribution in [0.5, 0.6) is 11.5 Å². The van der Waals surface area contributed by atoms with Crippen molar-refractivity contribution in [1.82, 2.24) is 9.78 Å². The molecule has 114 valence electrons. The fraction of sp³-hybridized carbons (Fsp3) is 0.438. The van der Waals surface area contributed by atoms with Gasteiger partial charge < -0.3 is 15.2 Å². The van der Waals surface area contributed by atoms with E-state index in [0.29, 0.717) is 24.0 Å². The van der Waals surface area contributed by atoms with E-state index in [1.807, 2.05) is 30.1 Å². The van der Waals surface area contributed by atoms with E-state index in [2.05, 4.69) is 18.9 Å². The first kappa shape index (κ1) is 15.4. The van der Waals surface area contributed by atoms with Crippen molar-refractivity contribution in [2.75, 3.05) is 14.2 Å². The molecule has 1 aromatic heterocycles. The van der Waals surface area contributed by atoms with Crippen LogP contribution in [-0.4, -0.2) is 24.0 Å². The monoisotopic (exact) mass is 289 g/mol. The van der Waals surface area contributed by atoms with Crippen LogP contribution in [-0.2, 0) is 13.6 Å². The minimum atomic E-state index is 0.333. The molecule has 21 heavy (non-hydrogen) atoms. The van der Waals surface area contributed by atoms with E-state index in [0.717, 1.165) is 22.4 Å². The summed E-state index contributed by atoms with van der Waals surface area (Å²) in [7, 11) is 5.19. The number of hydrogen-bond donors (Lipinski definition) is 1. The van der Waals surface area contributed by atoms with Gasteiger partial charge in [0, 0.05) is 25.4 Å². The molecule has 0 saturated heterocycles. The summed E-state index contributed by atoms with van der Waals surface area (Å²) in [6, 6.07) is 3.91. The van der Waals surface area contributed by atoms with Crippen molar-refractivity contribution in [3.63, 3.8) is 0 Å². The molecule has 0 atom stereocenters. The number of nitrogens with two attached hydrogens (primary N) is 1. The van der Waals surface area contributed by atoms with Gasteiger partial charge in [-0.05, 0) is 29.2 Å². The van der Waals surface area contributed by atoms with Crippen molar-refractivity contribution in [2.24, 2.45) is 12.8 Å². The first-order valence-corrected chi connectivity index (χ1v) is 7.00. The molecule has 0 unspecified atom stereocenters. The van der Waals surface area contributed by atoms with Crippen LogP contribution in [0.2, 0.25) is 0 Å². The molecule has 0 aliphatic carbocycles. The van der Waals surface area contributed by atoms with Gasteiger partial charge >= 0.3 is 0 Å². The number of benzene rings is 1. The number of nitrogens with zero attached hydrogens (tertiary/aromatic N) is 2. The number of methoxy groups -OCH3 is 2. The van der Waals surface area contributed by atoms with Gasteiger partial charge in [0.15, 0.2) is 11.5 Å². The SMILES string of the molecule is COc1cc(CN)c(-c2cn(C)nc2C(C)C)cc1OC. The third-order valence-electron chi connectivity index (χ3n) is 3.52. The Hall–Kier alpha value is -2.01. The third kappa shape index (κ3) is 2.88. The first-order chi connectivity index (χ1) is 10.0. The highest BCUT2D eigenvalue weighted by Crippen LogP contribution is 2.38. The molecule has 0 aliphatic heterocycles. The molecule has 0 radical (unpaired) electrons. The van der Waals surface area contributed by atoms with Crippen LogP contribution in [0.1, 0.15) is 31.0 Å². The molecule has 2 aromatic rings. The molecular weight excluding hydrogens is 266 g/mol. The Bertz CT molecular complexity index is 633. The highest BCUT2D eigenvalue weighted by molar-refractivity contribution is 5.73. The highest BCUT2D eigenvalue weighted by atomic mass is 16.5. The van der Waals surface area contributed by atoms with Crippen LogP contribution in [0.4, 0.5) is 0 Å². The summed E-state index contributed by atoms with van der Waals surface area (Å²) in [6.07, 6.45) is 2.02. The Labute approximate surface area is 125 Å². The van der Waals surface area contributed by atoms with E-state index in [-0.39, 0.29) is 0 Å². The van der Waals surface area contributed by atoms with Crippen molar-refractivity contribution < 1.29 is 9.47 Å². The second kappa shape index (κ2) is 6.18. The molecule has 0 saturated carbocycles. The van der Waals surface area contributed by atoms with Crippen molar-refractivity contribution in [2.45, 2.75) is 26.3 Å². The topological polar surface area (TPSA) is 62.3 Å². The second-order valence-electron chi connectivity index (χ2n) is 5.32. The van der Waals surface area contributed by atoms with Crippen molar-refractivity contribution in [1.29, 1.82) is 0 Å². The first-order valence-electron chi connectivity index (χ1n) is 7.00. The van der Waals surface area contributed by atoms with E-state index >= 15 is 0 Å². The normalized spacial score (nSPS) is 11.0. The quantitative estimate of drug-likeness (QED) is 0.919. The van der Waals surface area contributed by atoms with Gasteiger partial charge in [0.05, 0.1) is 19.9 Å². The van der Waals surface area contributed by atoms with Gasteiger partial charge in [-0.15, -0.1) is 0 Å². The summed E-state index contributed by atoms with van der Waals surface area (Å²) in [5, 5.41) is 4.56. The maximum atomic E-state index is 5.91. The van der Waals surface area contributed by atoms with E-state index in [9.17, 15) is 0 Å². The van der Waals surface area contributed by atoms with Crippen LogP contribution in [0.3, 0.4) is 0 Å². The zero-order valence-corrected chi connectivity index (χ0v) is 13.3. The maximum Gasteiger partial charge on any atom is 0.161 e. The summed E-state index contributed by atoms with van der Waals surface area (Å²) in [6.45, 7) is 4.70. The van der Waals surface area contributed by atoms with Crippen LogP contribution in [0.25, 0.3) is 11.1 Å². The molecule has 0 fully saturated rings. The van der Waals surface area contributed by atoms with E-state index < -0.39 is 0 Å². The molecule has 1 aromatic carbocycles. The lowest BCUT2D eigenvalue weighted by atomic mass is 9.95. The highest BCUT2D eigenvalue weighted by Gasteiger charge is 2.18. The Morgan fingerprint density at radius 2 is 1.76 bits per heavy atom. The number of aryl methyl sites for hydroxylation is 1. The Balaban J connectivity index is 2.68. The Morgan fingerprint density at radius 1 is 1.14 bits per heavy atom. The zero-order chi connectivity index (χ0) is 15.6. The molecular formula is C16H23N3O2. The molecule has 1 heterocycles. The fourth-order valence-electron chi connectivity index (χ4n) is 2.48. The van der Waals surface area contributed by atoms with Gasteiger partial charge in [0.1, 0.15) is 0 Å². The van der Waals surface area contributed by atoms with Gasteiger partial charge in [-0.25, -0.2) is 0 Å². The maximum absolute atomic E-state index is 5.91. The zero-order valence-electron chi connectivity index (χ0n) is 13.3. The average molecular weight is 289 g/mol. The lowest BCUT2D eigenvalue weighted by Gasteiger charge is -2.15. The summed E-state index contributed by atoms with van der Waals surface area (Å²) >= 11 is 0. The molecule has 5 nitrogen and oxygen atoms in total. The summed E-state index contributed by atoms with van der Waals surface area (Å²) in [5.41, 5.74) is 10.1. The van der Waals surface area contributed by atoms with Crippen molar-refractivity contribution in [3.05, 3.63) is 29.6 Å². The summed E-state index contributed by atoms with van der Waals surface area (Å²) in [4.78, 5) is 0. The van der Waals surface area contributed by atoms with Gasteiger partial charge in [0.2, 0.25) is 0 Å². The van der Waals surface area contributed by atoms with E-state index in [4.69, 9.17) is 15.2 Å². The smallest absolute Gasteiger partial charge is 0.161 e. The fourth-order valence-corrected chi connectivity index (χ4v) is 2.48. The average Bonchev–Trinajstić information content (AvgIpc) is 2.87. The number of hydrogen-bond acceptors (Lipinski definition) is 4. The van der Waals surface area contributed by atoms with Crippen molar-refractivity contribution >= 4 is 0 Å². The number of ether oxygens (including phenoxy) is 2. The second-order valence-corrected chi connectivity index (χ2v) is 5.32. The Morgan fingerprint density at radius 3 is 2.29 bits per heavy atom. The minimum Gasteiger partial charge on any atom is -0.493 e. The van der Waals surface area contributed by atoms with E-state index in [1.165, 1.54) is 0 Å². The van der Waals surface area contributed by atoms with Crippen LogP contribution in [0, 0.1) is 0 Å². The largest absolute Gasteiger partial charge is 0.493 e. The van der Waals surface area contributed by atoms with Gasteiger partial charge in [-0.2, -0.15) is 5.10 Å². The minimum absolute atomic E-state index is 0.333. The van der Waals surface area contributed by atoms with Crippen LogP contribution in [0.15, 0.2) is 18.3 Å². The molecule has 0 spiro atoms. The molecule has 0 amide bonds. The third-order valence-corrected chi connectivity index (χ3v) is 3.52. The van der Waals surface area contributed by atoms with Gasteiger partial charge in [-0.1, -0.05) is 13.8 Å². The van der Waals surface area contributed by atoms with Crippen LogP contribution >= 0.6 is 0 Å². The lowest BCUT2D eigenvalue weighted by Crippen LogP contribution is -2.02. The predicted molar refractivity (Wildman–Crippen MR) is 83.7 cm³/mol. The molecule has 0 bridgehead atoms. The molecule has 2 N–H and O–H groups in total. The summed E-state index contributed by atoms with van der Waals surface area (Å²) in [5.74, 6) is 1.72. The number of aromatic nitrogens is 2.